The lowest BCUT2D eigenvalue weighted by atomic mass is 9.94. The van der Waals surface area contributed by atoms with Crippen molar-refractivity contribution >= 4 is 32.2 Å². The highest BCUT2D eigenvalue weighted by atomic mass is 32.2. The number of nitrogens with one attached hydrogen (secondary N) is 2. The number of rotatable bonds is 6. The third kappa shape index (κ3) is 3.37. The van der Waals surface area contributed by atoms with Gasteiger partial charge >= 0.3 is 0 Å². The van der Waals surface area contributed by atoms with Gasteiger partial charge in [-0.2, -0.15) is 10.4 Å². The molecule has 0 amide bonds. The Bertz CT molecular complexity index is 1280. The summed E-state index contributed by atoms with van der Waals surface area (Å²) in [5.74, 6) is 0.424. The molecule has 8 nitrogen and oxygen atoms in total. The number of anilines is 2. The minimum absolute atomic E-state index is 0.0329. The van der Waals surface area contributed by atoms with Gasteiger partial charge in [0.25, 0.3) is 5.56 Å². The highest BCUT2D eigenvalue weighted by Crippen LogP contribution is 2.41. The quantitative estimate of drug-likeness (QED) is 0.624. The fourth-order valence-corrected chi connectivity index (χ4v) is 5.10. The molecule has 4 rings (SSSR count). The van der Waals surface area contributed by atoms with Gasteiger partial charge in [-0.25, -0.2) is 8.42 Å². The number of fused-ring (bicyclic) bond motifs is 1. The summed E-state index contributed by atoms with van der Waals surface area (Å²) in [6.45, 7) is 1.60. The minimum Gasteiger partial charge on any atom is -0.338 e. The van der Waals surface area contributed by atoms with E-state index in [1.54, 1.807) is 37.4 Å². The van der Waals surface area contributed by atoms with E-state index in [9.17, 15) is 18.5 Å². The van der Waals surface area contributed by atoms with E-state index in [1.165, 1.54) is 0 Å². The molecule has 1 aromatic carbocycles. The van der Waals surface area contributed by atoms with Crippen molar-refractivity contribution in [2.75, 3.05) is 11.1 Å². The summed E-state index contributed by atoms with van der Waals surface area (Å²) in [7, 11) is -3.28. The molecule has 156 valence electrons. The topological polar surface area (TPSA) is 121 Å². The number of aromatic amines is 1. The maximum absolute atomic E-state index is 12.6. The average Bonchev–Trinajstić information content (AvgIpc) is 3.35. The number of benzene rings is 1. The van der Waals surface area contributed by atoms with E-state index in [4.69, 9.17) is 5.10 Å². The molecule has 1 fully saturated rings. The molecule has 1 aliphatic rings. The second-order valence-electron chi connectivity index (χ2n) is 7.65. The van der Waals surface area contributed by atoms with Gasteiger partial charge in [-0.15, -0.1) is 0 Å². The van der Waals surface area contributed by atoms with Crippen LogP contribution in [0.4, 0.5) is 11.5 Å². The lowest BCUT2D eigenvalue weighted by Gasteiger charge is -2.27. The molecule has 0 spiro atoms. The van der Waals surface area contributed by atoms with Crippen molar-refractivity contribution in [1.29, 1.82) is 5.26 Å². The van der Waals surface area contributed by atoms with Crippen LogP contribution in [-0.2, 0) is 15.4 Å². The van der Waals surface area contributed by atoms with E-state index in [2.05, 4.69) is 16.4 Å². The standard InChI is InChI=1S/C21H23N5O3S/c1-2-30(28,29)16-7-5-15(6-8-16)24-19-18-17(9-14-23-20(18)27)26(25-19)21(12-13-22)10-3-4-11-21/h5-9,14H,2-4,10-12H2,1H3,(H,23,27)(H,24,25). The fourth-order valence-electron chi connectivity index (χ4n) is 4.22. The van der Waals surface area contributed by atoms with Crippen LogP contribution in [0.25, 0.3) is 10.9 Å². The van der Waals surface area contributed by atoms with Gasteiger partial charge in [-0.3, -0.25) is 9.48 Å². The monoisotopic (exact) mass is 425 g/mol. The van der Waals surface area contributed by atoms with Crippen LogP contribution in [0, 0.1) is 11.3 Å². The van der Waals surface area contributed by atoms with Crippen LogP contribution in [0.3, 0.4) is 0 Å². The Morgan fingerprint density at radius 2 is 1.93 bits per heavy atom. The summed E-state index contributed by atoms with van der Waals surface area (Å²) in [6, 6.07) is 10.5. The predicted octanol–water partition coefficient (Wildman–Crippen LogP) is 3.44. The number of nitriles is 1. The average molecular weight is 426 g/mol. The van der Waals surface area contributed by atoms with Crippen molar-refractivity contribution in [3.63, 3.8) is 0 Å². The first-order chi connectivity index (χ1) is 14.4. The van der Waals surface area contributed by atoms with Crippen molar-refractivity contribution in [3.05, 3.63) is 46.9 Å². The molecule has 2 N–H and O–H groups in total. The van der Waals surface area contributed by atoms with E-state index in [-0.39, 0.29) is 16.2 Å². The number of aromatic nitrogens is 3. The van der Waals surface area contributed by atoms with E-state index in [1.807, 2.05) is 10.7 Å². The summed E-state index contributed by atoms with van der Waals surface area (Å²) < 4.78 is 25.9. The van der Waals surface area contributed by atoms with Gasteiger partial charge in [-0.1, -0.05) is 19.8 Å². The van der Waals surface area contributed by atoms with E-state index in [0.717, 1.165) is 25.7 Å². The first-order valence-corrected chi connectivity index (χ1v) is 11.6. The number of sulfone groups is 1. The summed E-state index contributed by atoms with van der Waals surface area (Å²) in [6.07, 6.45) is 5.64. The van der Waals surface area contributed by atoms with Crippen LogP contribution >= 0.6 is 0 Å². The maximum Gasteiger partial charge on any atom is 0.261 e. The predicted molar refractivity (Wildman–Crippen MR) is 114 cm³/mol. The Morgan fingerprint density at radius 1 is 1.23 bits per heavy atom. The summed E-state index contributed by atoms with van der Waals surface area (Å²) in [5, 5.41) is 17.7. The van der Waals surface area contributed by atoms with Gasteiger partial charge in [0.1, 0.15) is 5.39 Å². The molecule has 0 bridgehead atoms. The second kappa shape index (κ2) is 7.61. The zero-order valence-corrected chi connectivity index (χ0v) is 17.5. The molecular formula is C21H23N5O3S. The van der Waals surface area contributed by atoms with Crippen LogP contribution in [0.1, 0.15) is 39.0 Å². The fraction of sp³-hybridized carbons (Fsp3) is 0.381. The van der Waals surface area contributed by atoms with Crippen LogP contribution in [0.5, 0.6) is 0 Å². The lowest BCUT2D eigenvalue weighted by Crippen LogP contribution is -2.31. The lowest BCUT2D eigenvalue weighted by molar-refractivity contribution is 0.280. The Kier molecular flexibility index (Phi) is 5.12. The Balaban J connectivity index is 1.79. The third-order valence-electron chi connectivity index (χ3n) is 5.85. The van der Waals surface area contributed by atoms with Gasteiger partial charge in [0.05, 0.1) is 34.2 Å². The van der Waals surface area contributed by atoms with Crippen molar-refractivity contribution in [1.82, 2.24) is 14.8 Å². The van der Waals surface area contributed by atoms with Crippen molar-refractivity contribution in [2.24, 2.45) is 0 Å². The number of nitrogens with zero attached hydrogens (tertiary/aromatic N) is 3. The largest absolute Gasteiger partial charge is 0.338 e. The van der Waals surface area contributed by atoms with Crippen LogP contribution < -0.4 is 10.9 Å². The molecule has 0 unspecified atom stereocenters. The first-order valence-electron chi connectivity index (χ1n) is 9.98. The molecule has 3 aromatic rings. The highest BCUT2D eigenvalue weighted by molar-refractivity contribution is 7.91. The molecule has 0 aliphatic heterocycles. The Labute approximate surface area is 174 Å². The molecule has 9 heteroatoms. The summed E-state index contributed by atoms with van der Waals surface area (Å²) in [5.41, 5.74) is 0.625. The number of hydrogen-bond donors (Lipinski definition) is 2. The molecule has 1 aliphatic carbocycles. The van der Waals surface area contributed by atoms with Crippen LogP contribution in [-0.4, -0.2) is 28.9 Å². The zero-order valence-electron chi connectivity index (χ0n) is 16.7. The van der Waals surface area contributed by atoms with Gasteiger partial charge in [0.2, 0.25) is 0 Å². The van der Waals surface area contributed by atoms with Gasteiger partial charge < -0.3 is 10.3 Å². The summed E-state index contributed by atoms with van der Waals surface area (Å²) in [4.78, 5) is 15.6. The zero-order chi connectivity index (χ0) is 21.4. The second-order valence-corrected chi connectivity index (χ2v) is 9.92. The molecule has 0 atom stereocenters. The normalized spacial score (nSPS) is 15.9. The van der Waals surface area contributed by atoms with Gasteiger partial charge in [0, 0.05) is 11.9 Å². The van der Waals surface area contributed by atoms with Crippen molar-refractivity contribution in [3.8, 4) is 6.07 Å². The van der Waals surface area contributed by atoms with Crippen molar-refractivity contribution in [2.45, 2.75) is 49.5 Å². The van der Waals surface area contributed by atoms with Crippen LogP contribution in [0.2, 0.25) is 0 Å². The van der Waals surface area contributed by atoms with Gasteiger partial charge in [0.15, 0.2) is 15.7 Å². The maximum atomic E-state index is 12.6. The third-order valence-corrected chi connectivity index (χ3v) is 7.60. The highest BCUT2D eigenvalue weighted by Gasteiger charge is 2.38. The molecule has 0 saturated heterocycles. The Morgan fingerprint density at radius 3 is 2.57 bits per heavy atom. The smallest absolute Gasteiger partial charge is 0.261 e. The number of hydrogen-bond acceptors (Lipinski definition) is 6. The van der Waals surface area contributed by atoms with E-state index >= 15 is 0 Å². The molecule has 30 heavy (non-hydrogen) atoms. The SMILES string of the molecule is CCS(=O)(=O)c1ccc(Nc2nn(C3(CC#N)CCCC3)c3cc[nH]c(=O)c23)cc1. The molecule has 0 radical (unpaired) electrons. The minimum atomic E-state index is -3.28. The first kappa shape index (κ1) is 20.2. The van der Waals surface area contributed by atoms with E-state index in [0.29, 0.717) is 28.8 Å². The number of pyridine rings is 1. The van der Waals surface area contributed by atoms with Crippen LogP contribution in [0.15, 0.2) is 46.2 Å². The van der Waals surface area contributed by atoms with E-state index < -0.39 is 15.4 Å². The molecule has 2 heterocycles. The Hall–Kier alpha value is -3.12. The summed E-state index contributed by atoms with van der Waals surface area (Å²) >= 11 is 0. The molecule has 1 saturated carbocycles. The van der Waals surface area contributed by atoms with Gasteiger partial charge in [-0.05, 0) is 43.2 Å². The molecular weight excluding hydrogens is 402 g/mol. The number of H-pyrrole nitrogens is 1. The van der Waals surface area contributed by atoms with Crippen molar-refractivity contribution < 1.29 is 8.42 Å². The molecule has 2 aromatic heterocycles.